The summed E-state index contributed by atoms with van der Waals surface area (Å²) >= 11 is 7.79. The van der Waals surface area contributed by atoms with Gasteiger partial charge in [0, 0.05) is 24.2 Å². The van der Waals surface area contributed by atoms with E-state index < -0.39 is 0 Å². The van der Waals surface area contributed by atoms with Gasteiger partial charge in [0.2, 0.25) is 0 Å². The Morgan fingerprint density at radius 1 is 1.24 bits per heavy atom. The van der Waals surface area contributed by atoms with Crippen molar-refractivity contribution in [3.8, 4) is 0 Å². The van der Waals surface area contributed by atoms with Crippen molar-refractivity contribution in [3.63, 3.8) is 0 Å². The zero-order chi connectivity index (χ0) is 22.9. The molecule has 33 heavy (non-hydrogen) atoms. The standard InChI is InChI=1S/C23H23ClN6O2S/c1-2-18-21(29-13-15(24)6-7-20(29)26-18)23(32)28-8-4-9-30-16(14-28)11-19(27-30)22(31)25-12-17-5-3-10-33-17/h3,5-7,10-11,13H,2,4,8-9,12,14H2,1H3,(H,25,31). The van der Waals surface area contributed by atoms with Gasteiger partial charge in [-0.25, -0.2) is 4.98 Å². The summed E-state index contributed by atoms with van der Waals surface area (Å²) in [5.74, 6) is -0.313. The van der Waals surface area contributed by atoms with E-state index in [1.54, 1.807) is 39.0 Å². The molecule has 8 nitrogen and oxygen atoms in total. The number of fused-ring (bicyclic) bond motifs is 2. The number of nitrogens with zero attached hydrogens (tertiary/aromatic N) is 5. The first-order valence-corrected chi connectivity index (χ1v) is 12.1. The fourth-order valence-corrected chi connectivity index (χ4v) is 4.91. The molecule has 4 aromatic heterocycles. The topological polar surface area (TPSA) is 84.5 Å². The van der Waals surface area contributed by atoms with Crippen molar-refractivity contribution >= 4 is 40.4 Å². The lowest BCUT2D eigenvalue weighted by molar-refractivity contribution is 0.0737. The third-order valence-corrected chi connectivity index (χ3v) is 6.83. The summed E-state index contributed by atoms with van der Waals surface area (Å²) in [5.41, 5.74) is 3.19. The molecule has 0 fully saturated rings. The van der Waals surface area contributed by atoms with E-state index in [1.807, 2.05) is 35.2 Å². The van der Waals surface area contributed by atoms with Gasteiger partial charge in [-0.05, 0) is 42.5 Å². The number of carbonyl (C=O) groups excluding carboxylic acids is 2. The average Bonchev–Trinajstić information content (AvgIpc) is 3.52. The fourth-order valence-electron chi connectivity index (χ4n) is 4.11. The molecule has 0 saturated heterocycles. The van der Waals surface area contributed by atoms with Gasteiger partial charge in [-0.3, -0.25) is 18.7 Å². The van der Waals surface area contributed by atoms with Crippen molar-refractivity contribution in [1.29, 1.82) is 0 Å². The first-order chi connectivity index (χ1) is 16.0. The zero-order valence-corrected chi connectivity index (χ0v) is 19.7. The number of pyridine rings is 1. The van der Waals surface area contributed by atoms with E-state index in [2.05, 4.69) is 15.4 Å². The molecule has 2 amide bonds. The second-order valence-electron chi connectivity index (χ2n) is 7.92. The van der Waals surface area contributed by atoms with E-state index in [4.69, 9.17) is 11.6 Å². The van der Waals surface area contributed by atoms with Crippen LogP contribution in [-0.2, 0) is 26.1 Å². The van der Waals surface area contributed by atoms with E-state index in [0.29, 0.717) is 54.7 Å². The van der Waals surface area contributed by atoms with E-state index in [-0.39, 0.29) is 11.8 Å². The second-order valence-corrected chi connectivity index (χ2v) is 9.39. The SMILES string of the molecule is CCc1nc2ccc(Cl)cn2c1C(=O)N1CCCn2nc(C(=O)NCc3cccs3)cc2C1. The molecule has 0 spiro atoms. The lowest BCUT2D eigenvalue weighted by atomic mass is 10.2. The summed E-state index contributed by atoms with van der Waals surface area (Å²) in [6, 6.07) is 9.30. The number of amides is 2. The Labute approximate surface area is 199 Å². The maximum atomic E-state index is 13.6. The van der Waals surface area contributed by atoms with Crippen LogP contribution in [0.5, 0.6) is 0 Å². The molecule has 0 bridgehead atoms. The smallest absolute Gasteiger partial charge is 0.273 e. The van der Waals surface area contributed by atoms with E-state index in [0.717, 1.165) is 22.7 Å². The van der Waals surface area contributed by atoms with Gasteiger partial charge >= 0.3 is 0 Å². The van der Waals surface area contributed by atoms with Gasteiger partial charge in [0.25, 0.3) is 11.8 Å². The molecule has 0 aromatic carbocycles. The normalized spacial score (nSPS) is 13.7. The minimum atomic E-state index is -0.216. The summed E-state index contributed by atoms with van der Waals surface area (Å²) < 4.78 is 3.61. The molecule has 0 atom stereocenters. The average molecular weight is 483 g/mol. The van der Waals surface area contributed by atoms with E-state index in [1.165, 1.54) is 0 Å². The Bertz CT molecular complexity index is 1330. The van der Waals surface area contributed by atoms with Crippen LogP contribution in [0.4, 0.5) is 0 Å². The number of aryl methyl sites for hydroxylation is 2. The number of rotatable bonds is 5. The minimum Gasteiger partial charge on any atom is -0.346 e. The van der Waals surface area contributed by atoms with Crippen molar-refractivity contribution in [2.24, 2.45) is 0 Å². The molecule has 0 saturated carbocycles. The predicted octanol–water partition coefficient (Wildman–Crippen LogP) is 3.78. The molecule has 0 radical (unpaired) electrons. The minimum absolute atomic E-state index is 0.0973. The summed E-state index contributed by atoms with van der Waals surface area (Å²) in [7, 11) is 0. The van der Waals surface area contributed by atoms with Gasteiger partial charge in [0.1, 0.15) is 11.3 Å². The number of nitrogens with one attached hydrogen (secondary N) is 1. The summed E-state index contributed by atoms with van der Waals surface area (Å²) in [6.45, 7) is 4.08. The van der Waals surface area contributed by atoms with E-state index in [9.17, 15) is 9.59 Å². The van der Waals surface area contributed by atoms with Gasteiger partial charge in [-0.2, -0.15) is 5.10 Å². The number of halogens is 1. The van der Waals surface area contributed by atoms with Crippen LogP contribution in [0.1, 0.15) is 50.6 Å². The van der Waals surface area contributed by atoms with Crippen LogP contribution in [0, 0.1) is 0 Å². The Morgan fingerprint density at radius 3 is 2.91 bits per heavy atom. The third kappa shape index (κ3) is 4.26. The highest BCUT2D eigenvalue weighted by Gasteiger charge is 2.27. The largest absolute Gasteiger partial charge is 0.346 e. The highest BCUT2D eigenvalue weighted by molar-refractivity contribution is 7.09. The fraction of sp³-hybridized carbons (Fsp3) is 0.304. The summed E-state index contributed by atoms with van der Waals surface area (Å²) in [5, 5.41) is 9.94. The van der Waals surface area contributed by atoms with Crippen LogP contribution >= 0.6 is 22.9 Å². The highest BCUT2D eigenvalue weighted by Crippen LogP contribution is 2.22. The van der Waals surface area contributed by atoms with Crippen molar-refractivity contribution in [2.75, 3.05) is 6.54 Å². The van der Waals surface area contributed by atoms with Crippen LogP contribution < -0.4 is 5.32 Å². The quantitative estimate of drug-likeness (QED) is 0.469. The molecule has 1 aliphatic rings. The first kappa shape index (κ1) is 21.7. The molecule has 4 aromatic rings. The van der Waals surface area contributed by atoms with Crippen molar-refractivity contribution < 1.29 is 9.59 Å². The number of hydrogen-bond acceptors (Lipinski definition) is 5. The predicted molar refractivity (Wildman–Crippen MR) is 127 cm³/mol. The first-order valence-electron chi connectivity index (χ1n) is 10.9. The summed E-state index contributed by atoms with van der Waals surface area (Å²) in [4.78, 5) is 33.7. The van der Waals surface area contributed by atoms with Crippen LogP contribution in [-0.4, -0.2) is 42.4 Å². The number of hydrogen-bond donors (Lipinski definition) is 1. The lowest BCUT2D eigenvalue weighted by Crippen LogP contribution is -2.32. The molecule has 1 aliphatic heterocycles. The van der Waals surface area contributed by atoms with Gasteiger partial charge in [0.15, 0.2) is 5.69 Å². The maximum absolute atomic E-state index is 13.6. The van der Waals surface area contributed by atoms with Crippen molar-refractivity contribution in [3.05, 3.63) is 74.6 Å². The van der Waals surface area contributed by atoms with Crippen LogP contribution in [0.3, 0.4) is 0 Å². The van der Waals surface area contributed by atoms with Gasteiger partial charge < -0.3 is 10.2 Å². The Hall–Kier alpha value is -3.17. The molecule has 10 heteroatoms. The Balaban J connectivity index is 1.38. The number of aromatic nitrogens is 4. The van der Waals surface area contributed by atoms with Gasteiger partial charge in [-0.15, -0.1) is 11.3 Å². The monoisotopic (exact) mass is 482 g/mol. The molecule has 0 unspecified atom stereocenters. The molecule has 5 rings (SSSR count). The van der Waals surface area contributed by atoms with E-state index >= 15 is 0 Å². The number of thiophene rings is 1. The molecule has 0 aliphatic carbocycles. The number of carbonyl (C=O) groups is 2. The molecular weight excluding hydrogens is 460 g/mol. The summed E-state index contributed by atoms with van der Waals surface area (Å²) in [6.07, 6.45) is 3.12. The zero-order valence-electron chi connectivity index (χ0n) is 18.1. The number of imidazole rings is 1. The Kier molecular flexibility index (Phi) is 5.90. The van der Waals surface area contributed by atoms with Crippen molar-refractivity contribution in [2.45, 2.75) is 39.4 Å². The highest BCUT2D eigenvalue weighted by atomic mass is 35.5. The molecular formula is C23H23ClN6O2S. The molecule has 5 heterocycles. The van der Waals surface area contributed by atoms with Crippen LogP contribution in [0.2, 0.25) is 5.02 Å². The van der Waals surface area contributed by atoms with Crippen LogP contribution in [0.15, 0.2) is 41.9 Å². The maximum Gasteiger partial charge on any atom is 0.273 e. The van der Waals surface area contributed by atoms with Gasteiger partial charge in [0.05, 0.1) is 29.5 Å². The molecule has 170 valence electrons. The second kappa shape index (κ2) is 8.99. The Morgan fingerprint density at radius 2 is 2.12 bits per heavy atom. The lowest BCUT2D eigenvalue weighted by Gasteiger charge is -2.20. The van der Waals surface area contributed by atoms with Crippen molar-refractivity contribution in [1.82, 2.24) is 29.4 Å². The molecule has 1 N–H and O–H groups in total. The third-order valence-electron chi connectivity index (χ3n) is 5.73. The van der Waals surface area contributed by atoms with Crippen LogP contribution in [0.25, 0.3) is 5.65 Å². The van der Waals surface area contributed by atoms with Gasteiger partial charge in [-0.1, -0.05) is 24.6 Å².